The van der Waals surface area contributed by atoms with Gasteiger partial charge in [0.25, 0.3) is 11.5 Å². The summed E-state index contributed by atoms with van der Waals surface area (Å²) >= 11 is 3.80. The molecule has 168 valence electrons. The number of carbonyl (C=O) groups excluding carboxylic acids is 2. The van der Waals surface area contributed by atoms with Crippen molar-refractivity contribution in [1.82, 2.24) is 20.4 Å². The Balaban J connectivity index is 1.55. The van der Waals surface area contributed by atoms with Crippen LogP contribution in [0.2, 0.25) is 0 Å². The molecule has 1 aromatic carbocycles. The first kappa shape index (κ1) is 23.0. The first-order chi connectivity index (χ1) is 16.0. The smallest absolute Gasteiger partial charge is 0.279 e. The minimum Gasteiger partial charge on any atom is -0.283 e. The van der Waals surface area contributed by atoms with Crippen molar-refractivity contribution in [3.05, 3.63) is 80.6 Å². The van der Waals surface area contributed by atoms with Crippen LogP contribution in [-0.4, -0.2) is 27.1 Å². The van der Waals surface area contributed by atoms with E-state index in [1.54, 1.807) is 23.6 Å². The molecule has 4 aromatic rings. The predicted molar refractivity (Wildman–Crippen MR) is 135 cm³/mol. The number of allylic oxidation sites excluding steroid dienone is 1. The van der Waals surface area contributed by atoms with Gasteiger partial charge < -0.3 is 0 Å². The number of thiophene rings is 2. The highest BCUT2D eigenvalue weighted by molar-refractivity contribution is 7.99. The fraction of sp³-hybridized carbons (Fsp3) is 0.130. The highest BCUT2D eigenvalue weighted by atomic mass is 32.2. The van der Waals surface area contributed by atoms with Crippen molar-refractivity contribution in [2.75, 3.05) is 5.75 Å². The zero-order valence-corrected chi connectivity index (χ0v) is 20.1. The third-order valence-electron chi connectivity index (χ3n) is 4.73. The number of amides is 2. The van der Waals surface area contributed by atoms with Gasteiger partial charge in [-0.05, 0) is 23.9 Å². The van der Waals surface area contributed by atoms with E-state index >= 15 is 0 Å². The summed E-state index contributed by atoms with van der Waals surface area (Å²) < 4.78 is 1.52. The van der Waals surface area contributed by atoms with Gasteiger partial charge >= 0.3 is 0 Å². The van der Waals surface area contributed by atoms with Crippen molar-refractivity contribution in [1.29, 1.82) is 0 Å². The molecular formula is C23H20N4O3S3. The Morgan fingerprint density at radius 2 is 1.97 bits per heavy atom. The number of benzene rings is 1. The largest absolute Gasteiger partial charge is 0.283 e. The summed E-state index contributed by atoms with van der Waals surface area (Å²) in [6.45, 7) is 6.03. The van der Waals surface area contributed by atoms with Crippen LogP contribution >= 0.6 is 34.4 Å². The number of fused-ring (bicyclic) bond motifs is 1. The molecule has 10 heteroatoms. The SMILES string of the molecule is C=CCn1c(SCC(=O)NNC(=O)c2cccs2)nc2scc(-c3ccc(C)cc3)c2c1=O. The van der Waals surface area contributed by atoms with Gasteiger partial charge in [-0.2, -0.15) is 0 Å². The van der Waals surface area contributed by atoms with Crippen molar-refractivity contribution < 1.29 is 9.59 Å². The fourth-order valence-corrected chi connectivity index (χ4v) is 5.53. The van der Waals surface area contributed by atoms with Crippen molar-refractivity contribution in [3.8, 4) is 11.1 Å². The Bertz CT molecular complexity index is 1370. The van der Waals surface area contributed by atoms with Crippen LogP contribution in [-0.2, 0) is 11.3 Å². The molecule has 0 spiro atoms. The van der Waals surface area contributed by atoms with Crippen LogP contribution < -0.4 is 16.4 Å². The van der Waals surface area contributed by atoms with E-state index in [1.807, 2.05) is 36.6 Å². The highest BCUT2D eigenvalue weighted by Crippen LogP contribution is 2.32. The second kappa shape index (κ2) is 10.2. The molecule has 0 saturated heterocycles. The normalized spacial score (nSPS) is 10.8. The number of nitrogens with one attached hydrogen (secondary N) is 2. The van der Waals surface area contributed by atoms with Crippen molar-refractivity contribution in [2.45, 2.75) is 18.6 Å². The van der Waals surface area contributed by atoms with Crippen LogP contribution in [0, 0.1) is 6.92 Å². The number of hydrazine groups is 1. The molecule has 2 amide bonds. The molecule has 0 saturated carbocycles. The van der Waals surface area contributed by atoms with Gasteiger partial charge in [0, 0.05) is 17.5 Å². The Labute approximate surface area is 202 Å². The van der Waals surface area contributed by atoms with Crippen LogP contribution in [0.3, 0.4) is 0 Å². The molecule has 4 rings (SSSR count). The Morgan fingerprint density at radius 3 is 2.67 bits per heavy atom. The van der Waals surface area contributed by atoms with E-state index in [9.17, 15) is 14.4 Å². The number of nitrogens with zero attached hydrogens (tertiary/aromatic N) is 2. The molecule has 2 N–H and O–H groups in total. The number of rotatable bonds is 7. The molecule has 0 radical (unpaired) electrons. The summed E-state index contributed by atoms with van der Waals surface area (Å²) in [7, 11) is 0. The molecule has 0 bridgehead atoms. The zero-order valence-electron chi connectivity index (χ0n) is 17.7. The first-order valence-corrected chi connectivity index (χ1v) is 12.7. The second-order valence-electron chi connectivity index (χ2n) is 7.06. The standard InChI is InChI=1S/C23H20N4O3S3/c1-3-10-27-22(30)19-16(15-8-6-14(2)7-9-15)12-32-21(19)24-23(27)33-13-18(28)25-26-20(29)17-5-4-11-31-17/h3-9,11-12H,1,10,13H2,2H3,(H,25,28)(H,26,29). The molecule has 0 aliphatic heterocycles. The van der Waals surface area contributed by atoms with E-state index < -0.39 is 5.91 Å². The van der Waals surface area contributed by atoms with Crippen LogP contribution in [0.15, 0.2) is 69.8 Å². The Kier molecular flexibility index (Phi) is 7.07. The third-order valence-corrected chi connectivity index (χ3v) is 7.44. The Hall–Kier alpha value is -3.21. The van der Waals surface area contributed by atoms with Gasteiger partial charge in [0.05, 0.1) is 16.0 Å². The van der Waals surface area contributed by atoms with Gasteiger partial charge in [0.15, 0.2) is 5.16 Å². The number of aromatic nitrogens is 2. The van der Waals surface area contributed by atoms with E-state index in [0.717, 1.165) is 28.5 Å². The van der Waals surface area contributed by atoms with Gasteiger partial charge in [0.2, 0.25) is 5.91 Å². The molecule has 0 unspecified atom stereocenters. The van der Waals surface area contributed by atoms with Crippen LogP contribution in [0.1, 0.15) is 15.2 Å². The molecule has 3 heterocycles. The van der Waals surface area contributed by atoms with Gasteiger partial charge in [0.1, 0.15) is 4.83 Å². The van der Waals surface area contributed by atoms with Crippen LogP contribution in [0.25, 0.3) is 21.3 Å². The van der Waals surface area contributed by atoms with E-state index in [1.165, 1.54) is 27.2 Å². The number of carbonyl (C=O) groups is 2. The lowest BCUT2D eigenvalue weighted by atomic mass is 10.1. The lowest BCUT2D eigenvalue weighted by molar-refractivity contribution is -0.119. The molecule has 0 aliphatic rings. The fourth-order valence-electron chi connectivity index (χ4n) is 3.11. The highest BCUT2D eigenvalue weighted by Gasteiger charge is 2.18. The van der Waals surface area contributed by atoms with Crippen LogP contribution in [0.4, 0.5) is 0 Å². The molecule has 0 atom stereocenters. The Morgan fingerprint density at radius 1 is 1.18 bits per heavy atom. The maximum atomic E-state index is 13.4. The van der Waals surface area contributed by atoms with Crippen molar-refractivity contribution in [3.63, 3.8) is 0 Å². The van der Waals surface area contributed by atoms with Gasteiger partial charge in [-0.15, -0.1) is 29.3 Å². The minimum atomic E-state index is -0.407. The van der Waals surface area contributed by atoms with E-state index in [4.69, 9.17) is 0 Å². The number of hydrogen-bond donors (Lipinski definition) is 2. The summed E-state index contributed by atoms with van der Waals surface area (Å²) in [5.74, 6) is -0.805. The van der Waals surface area contributed by atoms with E-state index in [2.05, 4.69) is 22.4 Å². The summed E-state index contributed by atoms with van der Waals surface area (Å²) in [5, 5.41) is 4.69. The average Bonchev–Trinajstić information content (AvgIpc) is 3.49. The number of thioether (sulfide) groups is 1. The predicted octanol–water partition coefficient (Wildman–Crippen LogP) is 4.23. The van der Waals surface area contributed by atoms with Gasteiger partial charge in [-0.25, -0.2) is 4.98 Å². The third kappa shape index (κ3) is 5.08. The first-order valence-electron chi connectivity index (χ1n) is 9.93. The lowest BCUT2D eigenvalue weighted by Gasteiger charge is -2.11. The lowest BCUT2D eigenvalue weighted by Crippen LogP contribution is -2.42. The zero-order chi connectivity index (χ0) is 23.4. The van der Waals surface area contributed by atoms with Crippen LogP contribution in [0.5, 0.6) is 0 Å². The molecular weight excluding hydrogens is 476 g/mol. The molecule has 0 aliphatic carbocycles. The van der Waals surface area contributed by atoms with Crippen molar-refractivity contribution in [2.24, 2.45) is 0 Å². The average molecular weight is 497 g/mol. The van der Waals surface area contributed by atoms with Gasteiger partial charge in [-0.1, -0.05) is 53.7 Å². The van der Waals surface area contributed by atoms with E-state index in [0.29, 0.717) is 20.3 Å². The summed E-state index contributed by atoms with van der Waals surface area (Å²) in [6, 6.07) is 11.4. The summed E-state index contributed by atoms with van der Waals surface area (Å²) in [4.78, 5) is 43.3. The minimum absolute atomic E-state index is 0.0179. The maximum absolute atomic E-state index is 13.4. The quantitative estimate of drug-likeness (QED) is 0.173. The molecule has 7 nitrogen and oxygen atoms in total. The van der Waals surface area contributed by atoms with Gasteiger partial charge in [-0.3, -0.25) is 29.8 Å². The number of aryl methyl sites for hydroxylation is 1. The topological polar surface area (TPSA) is 93.1 Å². The number of hydrogen-bond acceptors (Lipinski definition) is 7. The van der Waals surface area contributed by atoms with Crippen molar-refractivity contribution >= 4 is 56.5 Å². The molecule has 33 heavy (non-hydrogen) atoms. The summed E-state index contributed by atoms with van der Waals surface area (Å²) in [6.07, 6.45) is 1.62. The summed E-state index contributed by atoms with van der Waals surface area (Å²) in [5.41, 5.74) is 7.54. The maximum Gasteiger partial charge on any atom is 0.279 e. The molecule has 3 aromatic heterocycles. The second-order valence-corrected chi connectivity index (χ2v) is 9.81. The monoisotopic (exact) mass is 496 g/mol. The molecule has 0 fully saturated rings. The van der Waals surface area contributed by atoms with E-state index in [-0.39, 0.29) is 23.8 Å².